The molecular weight excluding hydrogens is 782 g/mol. The summed E-state index contributed by atoms with van der Waals surface area (Å²) in [5.41, 5.74) is 6.25. The van der Waals surface area contributed by atoms with E-state index in [1.807, 2.05) is 22.6 Å². The zero-order valence-electron chi connectivity index (χ0n) is 23.5. The van der Waals surface area contributed by atoms with Gasteiger partial charge < -0.3 is 50.9 Å². The van der Waals surface area contributed by atoms with E-state index in [9.17, 15) is 38.5 Å². The highest BCUT2D eigenvalue weighted by atomic mass is 127. The number of alkyl halides is 1. The number of unbranched alkanes of at least 4 members (excludes halogenated alkanes) is 5. The molecule has 0 radical (unpaired) electrons. The number of nitrogens with two attached hydrogens (primary N) is 1. The number of carbonyl (C=O) groups excluding carboxylic acids is 1. The average Bonchev–Trinajstić information content (AvgIpc) is 3.43. The van der Waals surface area contributed by atoms with Gasteiger partial charge in [0.25, 0.3) is 0 Å². The first-order chi connectivity index (χ1) is 21.0. The molecule has 1 aliphatic rings. The number of imidazole rings is 1. The van der Waals surface area contributed by atoms with Gasteiger partial charge in [-0.25, -0.2) is 28.6 Å². The predicted octanol–water partition coefficient (Wildman–Crippen LogP) is 0.675. The van der Waals surface area contributed by atoms with Gasteiger partial charge in [-0.3, -0.25) is 13.9 Å². The van der Waals surface area contributed by atoms with Crippen LogP contribution in [-0.4, -0.2) is 97.6 Å². The molecule has 0 bridgehead atoms. The van der Waals surface area contributed by atoms with Crippen LogP contribution < -0.4 is 16.4 Å². The molecule has 10 N–H and O–H groups in total. The van der Waals surface area contributed by atoms with Gasteiger partial charge >= 0.3 is 23.5 Å². The van der Waals surface area contributed by atoms with E-state index in [1.54, 1.807) is 0 Å². The van der Waals surface area contributed by atoms with Crippen LogP contribution in [0.25, 0.3) is 11.2 Å². The molecule has 3 heterocycles. The number of ether oxygens (including phenoxy) is 1. The molecule has 0 saturated carbocycles. The largest absolute Gasteiger partial charge is 0.490 e. The predicted molar refractivity (Wildman–Crippen MR) is 164 cm³/mol. The molecule has 6 atom stereocenters. The van der Waals surface area contributed by atoms with Crippen molar-refractivity contribution < 1.29 is 66.2 Å². The van der Waals surface area contributed by atoms with Gasteiger partial charge in [-0.2, -0.15) is 8.62 Å². The van der Waals surface area contributed by atoms with E-state index in [1.165, 1.54) is 4.57 Å². The van der Waals surface area contributed by atoms with Crippen LogP contribution in [0, 0.1) is 0 Å². The Morgan fingerprint density at radius 1 is 0.978 bits per heavy atom. The van der Waals surface area contributed by atoms with E-state index in [2.05, 4.69) is 38.7 Å². The molecular formula is C20H35IN7O14P3. The molecule has 0 aromatic carbocycles. The number of hydrogen-bond acceptors (Lipinski definition) is 15. The second kappa shape index (κ2) is 16.6. The summed E-state index contributed by atoms with van der Waals surface area (Å²) >= 11 is 2.01. The summed E-state index contributed by atoms with van der Waals surface area (Å²) in [6.07, 6.45) is 0.300. The highest BCUT2D eigenvalue weighted by Gasteiger charge is 2.47. The number of phosphoric acid groups is 3. The molecule has 3 rings (SSSR count). The molecule has 2 unspecified atom stereocenters. The molecule has 0 spiro atoms. The smallest absolute Gasteiger partial charge is 0.387 e. The van der Waals surface area contributed by atoms with Crippen molar-refractivity contribution in [3.05, 3.63) is 6.33 Å². The number of aliphatic hydroxyl groups excluding tert-OH is 2. The van der Waals surface area contributed by atoms with Gasteiger partial charge in [-0.1, -0.05) is 48.3 Å². The first-order valence-electron chi connectivity index (χ1n) is 13.4. The lowest BCUT2D eigenvalue weighted by Crippen LogP contribution is -2.33. The minimum atomic E-state index is -5.76. The van der Waals surface area contributed by atoms with E-state index < -0.39 is 54.6 Å². The molecule has 1 saturated heterocycles. The topological polar surface area (TPSA) is 320 Å². The summed E-state index contributed by atoms with van der Waals surface area (Å²) in [4.78, 5) is 60.1. The van der Waals surface area contributed by atoms with Gasteiger partial charge in [0.15, 0.2) is 23.2 Å². The lowest BCUT2D eigenvalue weighted by molar-refractivity contribution is -0.118. The average molecular weight is 817 g/mol. The first-order valence-corrected chi connectivity index (χ1v) is 19.4. The van der Waals surface area contributed by atoms with Crippen LogP contribution in [0.2, 0.25) is 0 Å². The number of amides is 1. The molecule has 21 nitrogen and oxygen atoms in total. The Labute approximate surface area is 269 Å². The quantitative estimate of drug-likeness (QED) is 0.0407. The number of aliphatic hydroxyl groups is 2. The van der Waals surface area contributed by atoms with Crippen LogP contribution in [0.5, 0.6) is 0 Å². The van der Waals surface area contributed by atoms with Crippen LogP contribution in [0.4, 0.5) is 11.8 Å². The lowest BCUT2D eigenvalue weighted by atomic mass is 10.1. The Bertz CT molecular complexity index is 1450. The third kappa shape index (κ3) is 11.7. The monoisotopic (exact) mass is 817 g/mol. The van der Waals surface area contributed by atoms with Crippen LogP contribution in [0.3, 0.4) is 0 Å². The van der Waals surface area contributed by atoms with Crippen molar-refractivity contribution in [2.45, 2.75) is 63.1 Å². The summed E-state index contributed by atoms with van der Waals surface area (Å²) in [6.45, 7) is 0.105. The molecule has 1 aliphatic heterocycles. The van der Waals surface area contributed by atoms with Crippen LogP contribution in [0.1, 0.15) is 44.8 Å². The van der Waals surface area contributed by atoms with Crippen LogP contribution in [-0.2, 0) is 36.4 Å². The third-order valence-corrected chi connectivity index (χ3v) is 10.7. The Morgan fingerprint density at radius 3 is 2.27 bits per heavy atom. The van der Waals surface area contributed by atoms with Gasteiger partial charge in [-0.05, 0) is 12.8 Å². The third-order valence-electron chi connectivity index (χ3n) is 6.25. The van der Waals surface area contributed by atoms with Gasteiger partial charge in [-0.15, -0.1) is 0 Å². The summed E-state index contributed by atoms with van der Waals surface area (Å²) in [6, 6.07) is 0. The van der Waals surface area contributed by atoms with E-state index >= 15 is 0 Å². The Kier molecular flexibility index (Phi) is 14.1. The summed E-state index contributed by atoms with van der Waals surface area (Å²) in [7, 11) is -16.9. The van der Waals surface area contributed by atoms with E-state index in [-0.39, 0.29) is 28.8 Å². The van der Waals surface area contributed by atoms with Gasteiger partial charge in [0, 0.05) is 13.1 Å². The minimum absolute atomic E-state index is 0.0177. The number of aromatic nitrogens is 4. The maximum absolute atomic E-state index is 12.1. The standard InChI is InChI=1S/C20H35IN7O14P3/c21-9-13(29)23-7-5-3-1-2-4-6-8-24-20-27-14-17(22)25-11-26-18(14)28(20)19-16(31)15(30)12(40-19)10-39-44(35,36)42-45(37,38)41-43(32,33)34/h11-12,15-16,19,30-31H,1-10H2,(H,23,29)(H,24,27)(H,35,36)(H,37,38)(H2,22,25,26)(H2,32,33,34)/t12-,15-,16-,19-/m1/s1. The minimum Gasteiger partial charge on any atom is -0.387 e. The Balaban J connectivity index is 1.61. The summed E-state index contributed by atoms with van der Waals surface area (Å²) < 4.78 is 53.8. The second-order valence-corrected chi connectivity index (χ2v) is 14.9. The maximum atomic E-state index is 12.1. The van der Waals surface area contributed by atoms with Gasteiger partial charge in [0.2, 0.25) is 11.9 Å². The number of nitrogens with zero attached hydrogens (tertiary/aromatic N) is 4. The van der Waals surface area contributed by atoms with Crippen molar-refractivity contribution in [1.29, 1.82) is 0 Å². The number of hydrogen-bond donors (Lipinski definition) is 9. The van der Waals surface area contributed by atoms with Gasteiger partial charge in [0.1, 0.15) is 24.6 Å². The number of halogens is 1. The fraction of sp³-hybridized carbons (Fsp3) is 0.700. The first kappa shape index (κ1) is 38.1. The van der Waals surface area contributed by atoms with E-state index in [0.29, 0.717) is 17.5 Å². The molecule has 1 amide bonds. The van der Waals surface area contributed by atoms with Crippen molar-refractivity contribution in [3.8, 4) is 0 Å². The highest BCUT2D eigenvalue weighted by molar-refractivity contribution is 14.1. The van der Waals surface area contributed by atoms with Crippen molar-refractivity contribution in [2.75, 3.05) is 35.2 Å². The van der Waals surface area contributed by atoms with E-state index in [4.69, 9.17) is 20.3 Å². The fourth-order valence-corrected chi connectivity index (χ4v) is 7.57. The van der Waals surface area contributed by atoms with Crippen molar-refractivity contribution >= 4 is 74.9 Å². The number of fused-ring (bicyclic) bond motifs is 1. The number of anilines is 2. The van der Waals surface area contributed by atoms with E-state index in [0.717, 1.165) is 44.9 Å². The molecule has 2 aromatic rings. The SMILES string of the molecule is Nc1ncnc2c1nc(NCCCCCCCCNC(=O)CI)n2[C@@H]1O[C@H](COP(=O)(O)OP(=O)(O)OP(=O)(O)O)[C@@H](O)[C@H]1O. The zero-order chi connectivity index (χ0) is 33.4. The normalized spacial score (nSPS) is 23.1. The van der Waals surface area contributed by atoms with Gasteiger partial charge in [0.05, 0.1) is 11.0 Å². The number of rotatable bonds is 19. The number of nitrogen functional groups attached to an aromatic ring is 1. The second-order valence-electron chi connectivity index (χ2n) is 9.70. The summed E-state index contributed by atoms with van der Waals surface area (Å²) in [5, 5.41) is 27.4. The number of phosphoric ester groups is 1. The molecule has 256 valence electrons. The molecule has 25 heteroatoms. The Morgan fingerprint density at radius 2 is 1.62 bits per heavy atom. The van der Waals surface area contributed by atoms with Crippen molar-refractivity contribution in [1.82, 2.24) is 24.8 Å². The molecule has 0 aliphatic carbocycles. The molecule has 2 aromatic heterocycles. The van der Waals surface area contributed by atoms with Crippen molar-refractivity contribution in [2.24, 2.45) is 0 Å². The van der Waals surface area contributed by atoms with Crippen LogP contribution >= 0.6 is 46.1 Å². The highest BCUT2D eigenvalue weighted by Crippen LogP contribution is 2.66. The number of nitrogens with one attached hydrogen (secondary N) is 2. The lowest BCUT2D eigenvalue weighted by Gasteiger charge is -2.20. The summed E-state index contributed by atoms with van der Waals surface area (Å²) in [5.74, 6) is 0.200. The maximum Gasteiger partial charge on any atom is 0.490 e. The molecule has 1 fully saturated rings. The Hall–Kier alpha value is -1.36. The zero-order valence-corrected chi connectivity index (χ0v) is 28.3. The fourth-order valence-electron chi connectivity index (χ4n) is 4.28. The number of carbonyl (C=O) groups is 1. The van der Waals surface area contributed by atoms with Crippen LogP contribution in [0.15, 0.2) is 6.33 Å². The van der Waals surface area contributed by atoms with Crippen molar-refractivity contribution in [3.63, 3.8) is 0 Å². The molecule has 45 heavy (non-hydrogen) atoms.